The molecule has 0 radical (unpaired) electrons. The Morgan fingerprint density at radius 1 is 1.19 bits per heavy atom. The molecule has 0 N–H and O–H groups in total. The van der Waals surface area contributed by atoms with E-state index in [4.69, 9.17) is 9.47 Å². The van der Waals surface area contributed by atoms with Gasteiger partial charge in [-0.05, 0) is 51.2 Å². The van der Waals surface area contributed by atoms with E-state index in [1.807, 2.05) is 26.2 Å². The highest BCUT2D eigenvalue weighted by molar-refractivity contribution is 5.37. The molecule has 0 amide bonds. The SMILES string of the molecule is COc1ccc(CCCN(C)C)cc1COCC(F)(F)F. The summed E-state index contributed by atoms with van der Waals surface area (Å²) >= 11 is 0. The first-order valence-electron chi connectivity index (χ1n) is 6.77. The Morgan fingerprint density at radius 2 is 1.90 bits per heavy atom. The molecule has 0 atom stereocenters. The Balaban J connectivity index is 2.62. The molecule has 1 aromatic carbocycles. The van der Waals surface area contributed by atoms with Gasteiger partial charge in [-0.2, -0.15) is 13.2 Å². The predicted molar refractivity (Wildman–Crippen MR) is 75.6 cm³/mol. The fourth-order valence-corrected chi connectivity index (χ4v) is 1.98. The van der Waals surface area contributed by atoms with Crippen molar-refractivity contribution in [2.75, 3.05) is 34.4 Å². The number of methoxy groups -OCH3 is 1. The first-order valence-corrected chi connectivity index (χ1v) is 6.77. The van der Waals surface area contributed by atoms with Gasteiger partial charge in [0.2, 0.25) is 0 Å². The van der Waals surface area contributed by atoms with Crippen LogP contribution in [-0.4, -0.2) is 45.4 Å². The maximum Gasteiger partial charge on any atom is 0.411 e. The van der Waals surface area contributed by atoms with Gasteiger partial charge in [-0.3, -0.25) is 0 Å². The van der Waals surface area contributed by atoms with Crippen molar-refractivity contribution in [1.82, 2.24) is 4.90 Å². The lowest BCUT2D eigenvalue weighted by Crippen LogP contribution is -2.17. The zero-order valence-corrected chi connectivity index (χ0v) is 12.7. The van der Waals surface area contributed by atoms with E-state index >= 15 is 0 Å². The van der Waals surface area contributed by atoms with Crippen LogP contribution in [0.15, 0.2) is 18.2 Å². The van der Waals surface area contributed by atoms with E-state index in [9.17, 15) is 13.2 Å². The Kier molecular flexibility index (Phi) is 6.98. The normalized spacial score (nSPS) is 12.0. The summed E-state index contributed by atoms with van der Waals surface area (Å²) in [6.45, 7) is -0.392. The predicted octanol–water partition coefficient (Wildman–Crippen LogP) is 3.27. The molecule has 0 spiro atoms. The maximum absolute atomic E-state index is 12.1. The van der Waals surface area contributed by atoms with Gasteiger partial charge in [0.1, 0.15) is 12.4 Å². The number of ether oxygens (including phenoxy) is 2. The zero-order chi connectivity index (χ0) is 15.9. The van der Waals surface area contributed by atoms with Gasteiger partial charge in [-0.1, -0.05) is 6.07 Å². The minimum absolute atomic E-state index is 0.107. The molecule has 0 aliphatic heterocycles. The second-order valence-electron chi connectivity index (χ2n) is 5.16. The number of hydrogen-bond donors (Lipinski definition) is 0. The molecule has 0 aliphatic carbocycles. The molecule has 0 saturated carbocycles. The summed E-state index contributed by atoms with van der Waals surface area (Å²) < 4.78 is 46.2. The summed E-state index contributed by atoms with van der Waals surface area (Å²) in [6.07, 6.45) is -2.45. The lowest BCUT2D eigenvalue weighted by Gasteiger charge is -2.13. The molecule has 21 heavy (non-hydrogen) atoms. The summed E-state index contributed by atoms with van der Waals surface area (Å²) in [7, 11) is 5.50. The Morgan fingerprint density at radius 3 is 2.48 bits per heavy atom. The van der Waals surface area contributed by atoms with Crippen molar-refractivity contribution in [1.29, 1.82) is 0 Å². The van der Waals surface area contributed by atoms with Crippen molar-refractivity contribution in [3.63, 3.8) is 0 Å². The summed E-state index contributed by atoms with van der Waals surface area (Å²) in [5.41, 5.74) is 1.72. The third-order valence-corrected chi connectivity index (χ3v) is 2.94. The summed E-state index contributed by atoms with van der Waals surface area (Å²) in [5, 5.41) is 0. The van der Waals surface area contributed by atoms with Crippen LogP contribution in [0.4, 0.5) is 13.2 Å². The van der Waals surface area contributed by atoms with Gasteiger partial charge in [0.05, 0.1) is 13.7 Å². The molecule has 0 saturated heterocycles. The van der Waals surface area contributed by atoms with Crippen LogP contribution in [0.3, 0.4) is 0 Å². The minimum atomic E-state index is -4.31. The molecule has 1 aromatic rings. The fourth-order valence-electron chi connectivity index (χ4n) is 1.98. The van der Waals surface area contributed by atoms with Crippen molar-refractivity contribution in [3.05, 3.63) is 29.3 Å². The molecule has 6 heteroatoms. The number of benzene rings is 1. The smallest absolute Gasteiger partial charge is 0.411 e. The average Bonchev–Trinajstić information content (AvgIpc) is 2.37. The Bertz CT molecular complexity index is 433. The van der Waals surface area contributed by atoms with E-state index in [1.165, 1.54) is 7.11 Å². The van der Waals surface area contributed by atoms with E-state index < -0.39 is 12.8 Å². The van der Waals surface area contributed by atoms with Crippen molar-refractivity contribution in [3.8, 4) is 5.75 Å². The number of alkyl halides is 3. The monoisotopic (exact) mass is 305 g/mol. The molecule has 0 aliphatic rings. The fraction of sp³-hybridized carbons (Fsp3) is 0.600. The van der Waals surface area contributed by atoms with Crippen LogP contribution in [0.1, 0.15) is 17.5 Å². The first kappa shape index (κ1) is 17.8. The highest BCUT2D eigenvalue weighted by atomic mass is 19.4. The lowest BCUT2D eigenvalue weighted by molar-refractivity contribution is -0.176. The van der Waals surface area contributed by atoms with Crippen LogP contribution in [0, 0.1) is 0 Å². The van der Waals surface area contributed by atoms with Crippen molar-refractivity contribution < 1.29 is 22.6 Å². The van der Waals surface area contributed by atoms with E-state index in [2.05, 4.69) is 4.90 Å². The van der Waals surface area contributed by atoms with Crippen LogP contribution >= 0.6 is 0 Å². The quantitative estimate of drug-likeness (QED) is 0.736. The highest BCUT2D eigenvalue weighted by Gasteiger charge is 2.27. The standard InChI is InChI=1S/C15H22F3NO2/c1-19(2)8-4-5-12-6-7-14(20-3)13(9-12)10-21-11-15(16,17)18/h6-7,9H,4-5,8,10-11H2,1-3H3. The van der Waals surface area contributed by atoms with Crippen LogP contribution in [-0.2, 0) is 17.8 Å². The van der Waals surface area contributed by atoms with E-state index in [1.54, 1.807) is 6.07 Å². The zero-order valence-electron chi connectivity index (χ0n) is 12.7. The average molecular weight is 305 g/mol. The second kappa shape index (κ2) is 8.24. The molecule has 0 fully saturated rings. The van der Waals surface area contributed by atoms with Crippen molar-refractivity contribution >= 4 is 0 Å². The molecule has 0 unspecified atom stereocenters. The second-order valence-corrected chi connectivity index (χ2v) is 5.16. The van der Waals surface area contributed by atoms with Crippen molar-refractivity contribution in [2.24, 2.45) is 0 Å². The van der Waals surface area contributed by atoms with E-state index in [-0.39, 0.29) is 6.61 Å². The molecular formula is C15H22F3NO2. The van der Waals surface area contributed by atoms with Crippen molar-refractivity contribution in [2.45, 2.75) is 25.6 Å². The molecule has 120 valence electrons. The van der Waals surface area contributed by atoms with Crippen LogP contribution < -0.4 is 4.74 Å². The van der Waals surface area contributed by atoms with Gasteiger partial charge in [0.15, 0.2) is 0 Å². The van der Waals surface area contributed by atoms with Gasteiger partial charge < -0.3 is 14.4 Å². The topological polar surface area (TPSA) is 21.7 Å². The van der Waals surface area contributed by atoms with Gasteiger partial charge in [0.25, 0.3) is 0 Å². The number of halogens is 3. The van der Waals surface area contributed by atoms with Crippen LogP contribution in [0.25, 0.3) is 0 Å². The number of nitrogens with zero attached hydrogens (tertiary/aromatic N) is 1. The summed E-state index contributed by atoms with van der Waals surface area (Å²) in [5.74, 6) is 0.550. The largest absolute Gasteiger partial charge is 0.496 e. The molecule has 0 heterocycles. The maximum atomic E-state index is 12.1. The van der Waals surface area contributed by atoms with Crippen LogP contribution in [0.2, 0.25) is 0 Å². The third kappa shape index (κ3) is 7.34. The highest BCUT2D eigenvalue weighted by Crippen LogP contribution is 2.23. The molecular weight excluding hydrogens is 283 g/mol. The third-order valence-electron chi connectivity index (χ3n) is 2.94. The van der Waals surface area contributed by atoms with E-state index in [0.717, 1.165) is 24.9 Å². The summed E-state index contributed by atoms with van der Waals surface area (Å²) in [6, 6.07) is 5.56. The number of rotatable bonds is 8. The van der Waals surface area contributed by atoms with Gasteiger partial charge in [-0.25, -0.2) is 0 Å². The molecule has 3 nitrogen and oxygen atoms in total. The minimum Gasteiger partial charge on any atom is -0.496 e. The first-order chi connectivity index (χ1) is 9.81. The molecule has 0 aromatic heterocycles. The molecule has 1 rings (SSSR count). The Hall–Kier alpha value is -1.27. The molecule has 0 bridgehead atoms. The van der Waals surface area contributed by atoms with Gasteiger partial charge in [-0.15, -0.1) is 0 Å². The van der Waals surface area contributed by atoms with E-state index in [0.29, 0.717) is 11.3 Å². The summed E-state index contributed by atoms with van der Waals surface area (Å²) in [4.78, 5) is 2.09. The Labute approximate surface area is 123 Å². The number of aryl methyl sites for hydroxylation is 1. The van der Waals surface area contributed by atoms with Gasteiger partial charge >= 0.3 is 6.18 Å². The lowest BCUT2D eigenvalue weighted by atomic mass is 10.1. The number of hydrogen-bond acceptors (Lipinski definition) is 3. The van der Waals surface area contributed by atoms with Gasteiger partial charge in [0, 0.05) is 5.56 Å². The van der Waals surface area contributed by atoms with Crippen LogP contribution in [0.5, 0.6) is 5.75 Å².